The molecular weight excluding hydrogens is 312 g/mol. The molecule has 7 nitrogen and oxygen atoms in total. The largest absolute Gasteiger partial charge is 0.378 e. The number of likely N-dealkylation sites (N-methyl/N-ethyl adjacent to an activating group) is 1. The number of ether oxygens (including phenoxy) is 3. The van der Waals surface area contributed by atoms with Crippen LogP contribution < -0.4 is 5.32 Å². The van der Waals surface area contributed by atoms with Crippen molar-refractivity contribution in [1.29, 1.82) is 0 Å². The van der Waals surface area contributed by atoms with Crippen LogP contribution in [0.4, 0.5) is 5.13 Å². The molecule has 1 aromatic rings. The Morgan fingerprint density at radius 2 is 1.71 bits per heavy atom. The average Bonchev–Trinajstić information content (AvgIpc) is 2.85. The maximum absolute atomic E-state index is 5.43. The van der Waals surface area contributed by atoms with Crippen molar-refractivity contribution < 1.29 is 14.2 Å². The van der Waals surface area contributed by atoms with Crippen LogP contribution in [0.3, 0.4) is 0 Å². The summed E-state index contributed by atoms with van der Waals surface area (Å²) >= 11 is 6.34. The zero-order valence-electron chi connectivity index (χ0n) is 12.6. The minimum Gasteiger partial charge on any atom is -0.378 e. The van der Waals surface area contributed by atoms with Crippen molar-refractivity contribution in [3.8, 4) is 0 Å². The van der Waals surface area contributed by atoms with E-state index in [1.54, 1.807) is 0 Å². The Balaban J connectivity index is 1.77. The lowest BCUT2D eigenvalue weighted by Gasteiger charge is -2.10. The number of aromatic amines is 1. The Bertz CT molecular complexity index is 411. The van der Waals surface area contributed by atoms with Gasteiger partial charge in [-0.3, -0.25) is 5.10 Å². The number of nitrogens with one attached hydrogen (secondary N) is 2. The second-order valence-corrected chi connectivity index (χ2v) is 6.15. The standard InChI is InChI=1S/C12H24N4O3S2/c1-16(2)4-6-18-8-10-19-9-7-17-5-3-13-11-14-15-12(20)21-11/h3-10H2,1-2H3,(H,13,14)(H,15,20). The highest BCUT2D eigenvalue weighted by atomic mass is 32.1. The fourth-order valence-electron chi connectivity index (χ4n) is 1.32. The van der Waals surface area contributed by atoms with E-state index in [4.69, 9.17) is 26.4 Å². The second-order valence-electron chi connectivity index (χ2n) is 4.49. The van der Waals surface area contributed by atoms with Crippen molar-refractivity contribution in [2.75, 3.05) is 72.1 Å². The Kier molecular flexibility index (Phi) is 10.6. The van der Waals surface area contributed by atoms with Gasteiger partial charge in [0.25, 0.3) is 0 Å². The number of hydrogen-bond donors (Lipinski definition) is 2. The predicted octanol–water partition coefficient (Wildman–Crippen LogP) is 1.22. The van der Waals surface area contributed by atoms with Gasteiger partial charge in [-0.25, -0.2) is 0 Å². The first-order valence-corrected chi connectivity index (χ1v) is 8.08. The van der Waals surface area contributed by atoms with E-state index in [9.17, 15) is 0 Å². The summed E-state index contributed by atoms with van der Waals surface area (Å²) < 4.78 is 16.9. The Hall–Kier alpha value is -0.580. The van der Waals surface area contributed by atoms with Gasteiger partial charge in [-0.2, -0.15) is 0 Å². The van der Waals surface area contributed by atoms with Crippen molar-refractivity contribution in [2.45, 2.75) is 0 Å². The summed E-state index contributed by atoms with van der Waals surface area (Å²) in [6.07, 6.45) is 0. The number of H-pyrrole nitrogens is 1. The maximum Gasteiger partial charge on any atom is 0.204 e. The van der Waals surface area contributed by atoms with E-state index in [-0.39, 0.29) is 0 Å². The molecule has 0 spiro atoms. The average molecular weight is 336 g/mol. The van der Waals surface area contributed by atoms with Gasteiger partial charge in [0.15, 0.2) is 3.95 Å². The molecule has 0 unspecified atom stereocenters. The third kappa shape index (κ3) is 10.7. The molecular formula is C12H24N4O3S2. The summed E-state index contributed by atoms with van der Waals surface area (Å²) in [6.45, 7) is 5.36. The number of aromatic nitrogens is 2. The first-order chi connectivity index (χ1) is 10.2. The summed E-state index contributed by atoms with van der Waals surface area (Å²) in [5.41, 5.74) is 0. The fraction of sp³-hybridized carbons (Fsp3) is 0.833. The summed E-state index contributed by atoms with van der Waals surface area (Å²) in [6, 6.07) is 0. The molecule has 9 heteroatoms. The molecule has 1 heterocycles. The molecule has 0 bridgehead atoms. The molecule has 0 aliphatic heterocycles. The Labute approximate surface area is 134 Å². The van der Waals surface area contributed by atoms with Gasteiger partial charge in [-0.05, 0) is 26.3 Å². The van der Waals surface area contributed by atoms with Gasteiger partial charge in [0.05, 0.1) is 39.6 Å². The topological polar surface area (TPSA) is 71.6 Å². The summed E-state index contributed by atoms with van der Waals surface area (Å²) in [5.74, 6) is 0. The molecule has 0 saturated heterocycles. The first kappa shape index (κ1) is 18.5. The highest BCUT2D eigenvalue weighted by molar-refractivity contribution is 7.73. The van der Waals surface area contributed by atoms with E-state index in [0.29, 0.717) is 43.5 Å². The van der Waals surface area contributed by atoms with Crippen LogP contribution in [0.25, 0.3) is 0 Å². The Morgan fingerprint density at radius 1 is 1.10 bits per heavy atom. The zero-order chi connectivity index (χ0) is 15.3. The molecule has 0 fully saturated rings. The van der Waals surface area contributed by atoms with Crippen LogP contribution in [0.1, 0.15) is 0 Å². The smallest absolute Gasteiger partial charge is 0.204 e. The molecule has 0 radical (unpaired) electrons. The van der Waals surface area contributed by atoms with E-state index < -0.39 is 0 Å². The lowest BCUT2D eigenvalue weighted by Crippen LogP contribution is -2.19. The third-order valence-corrected chi connectivity index (χ3v) is 3.43. The van der Waals surface area contributed by atoms with Crippen LogP contribution in [0.2, 0.25) is 0 Å². The molecule has 0 amide bonds. The van der Waals surface area contributed by atoms with E-state index in [0.717, 1.165) is 18.3 Å². The predicted molar refractivity (Wildman–Crippen MR) is 86.8 cm³/mol. The molecule has 0 aromatic carbocycles. The summed E-state index contributed by atoms with van der Waals surface area (Å²) in [7, 11) is 4.05. The summed E-state index contributed by atoms with van der Waals surface area (Å²) in [4.78, 5) is 2.09. The monoisotopic (exact) mass is 336 g/mol. The first-order valence-electron chi connectivity index (χ1n) is 6.86. The van der Waals surface area contributed by atoms with Crippen LogP contribution in [0, 0.1) is 3.95 Å². The molecule has 1 rings (SSSR count). The van der Waals surface area contributed by atoms with Crippen molar-refractivity contribution >= 4 is 28.7 Å². The molecule has 0 aliphatic carbocycles. The molecule has 21 heavy (non-hydrogen) atoms. The lowest BCUT2D eigenvalue weighted by atomic mass is 10.6. The van der Waals surface area contributed by atoms with Crippen molar-refractivity contribution in [2.24, 2.45) is 0 Å². The highest BCUT2D eigenvalue weighted by Crippen LogP contribution is 2.09. The fourth-order valence-corrected chi connectivity index (χ4v) is 2.14. The number of hydrogen-bond acceptors (Lipinski definition) is 8. The SMILES string of the molecule is CN(C)CCOCCOCCOCCNc1n[nH]c(=S)s1. The number of anilines is 1. The van der Waals surface area contributed by atoms with Gasteiger partial charge < -0.3 is 24.4 Å². The molecule has 0 aliphatic rings. The van der Waals surface area contributed by atoms with Crippen LogP contribution in [0.15, 0.2) is 0 Å². The normalized spacial score (nSPS) is 11.2. The highest BCUT2D eigenvalue weighted by Gasteiger charge is 1.96. The maximum atomic E-state index is 5.43. The Morgan fingerprint density at radius 3 is 2.29 bits per heavy atom. The summed E-state index contributed by atoms with van der Waals surface area (Å²) in [5, 5.41) is 10.6. The van der Waals surface area contributed by atoms with Gasteiger partial charge in [-0.15, -0.1) is 5.10 Å². The van der Waals surface area contributed by atoms with E-state index >= 15 is 0 Å². The van der Waals surface area contributed by atoms with Gasteiger partial charge in [0.2, 0.25) is 5.13 Å². The van der Waals surface area contributed by atoms with Crippen LogP contribution in [0.5, 0.6) is 0 Å². The molecule has 0 atom stereocenters. The van der Waals surface area contributed by atoms with E-state index in [1.165, 1.54) is 11.3 Å². The van der Waals surface area contributed by atoms with Gasteiger partial charge in [0, 0.05) is 13.1 Å². The number of nitrogens with zero attached hydrogens (tertiary/aromatic N) is 2. The third-order valence-electron chi connectivity index (χ3n) is 2.39. The second kappa shape index (κ2) is 12.0. The minimum absolute atomic E-state index is 0.579. The number of rotatable bonds is 13. The van der Waals surface area contributed by atoms with Gasteiger partial charge >= 0.3 is 0 Å². The lowest BCUT2D eigenvalue weighted by molar-refractivity contribution is 0.0141. The van der Waals surface area contributed by atoms with Crippen molar-refractivity contribution in [3.05, 3.63) is 3.95 Å². The quantitative estimate of drug-likeness (QED) is 0.414. The van der Waals surface area contributed by atoms with E-state index in [2.05, 4.69) is 20.4 Å². The minimum atomic E-state index is 0.579. The van der Waals surface area contributed by atoms with Crippen molar-refractivity contribution in [1.82, 2.24) is 15.1 Å². The molecule has 122 valence electrons. The van der Waals surface area contributed by atoms with Crippen LogP contribution in [-0.2, 0) is 14.2 Å². The molecule has 0 saturated carbocycles. The van der Waals surface area contributed by atoms with Crippen molar-refractivity contribution in [3.63, 3.8) is 0 Å². The van der Waals surface area contributed by atoms with Gasteiger partial charge in [0.1, 0.15) is 0 Å². The van der Waals surface area contributed by atoms with Gasteiger partial charge in [-0.1, -0.05) is 11.3 Å². The van der Waals surface area contributed by atoms with Crippen LogP contribution >= 0.6 is 23.6 Å². The zero-order valence-corrected chi connectivity index (χ0v) is 14.2. The van der Waals surface area contributed by atoms with Crippen LogP contribution in [-0.4, -0.2) is 81.9 Å². The van der Waals surface area contributed by atoms with E-state index in [1.807, 2.05) is 14.1 Å². The molecule has 2 N–H and O–H groups in total. The molecule has 1 aromatic heterocycles.